The van der Waals surface area contributed by atoms with E-state index in [9.17, 15) is 9.59 Å². The number of benzene rings is 1. The third-order valence-electron chi connectivity index (χ3n) is 3.52. The Kier molecular flexibility index (Phi) is 3.02. The molecule has 0 bridgehead atoms. The number of H-pyrrole nitrogens is 1. The van der Waals surface area contributed by atoms with Crippen molar-refractivity contribution in [2.45, 2.75) is 12.8 Å². The number of aromatic nitrogens is 1. The van der Waals surface area contributed by atoms with Crippen molar-refractivity contribution in [1.82, 2.24) is 4.98 Å². The minimum atomic E-state index is -0.267. The van der Waals surface area contributed by atoms with E-state index in [2.05, 4.69) is 4.98 Å². The van der Waals surface area contributed by atoms with Crippen molar-refractivity contribution in [2.24, 2.45) is 0 Å². The minimum Gasteiger partial charge on any atom is -0.399 e. The maximum absolute atomic E-state index is 12.5. The number of nitrogens with one attached hydrogen (secondary N) is 1. The van der Waals surface area contributed by atoms with Crippen LogP contribution in [0.15, 0.2) is 41.5 Å². The molecule has 3 N–H and O–H groups in total. The summed E-state index contributed by atoms with van der Waals surface area (Å²) in [6, 6.07) is 6.88. The monoisotopic (exact) mass is 269 g/mol. The van der Waals surface area contributed by atoms with Gasteiger partial charge in [-0.1, -0.05) is 0 Å². The zero-order valence-electron chi connectivity index (χ0n) is 10.9. The number of hydrogen-bond donors (Lipinski definition) is 2. The molecule has 1 aromatic carbocycles. The zero-order valence-corrected chi connectivity index (χ0v) is 10.9. The van der Waals surface area contributed by atoms with Gasteiger partial charge < -0.3 is 15.6 Å². The van der Waals surface area contributed by atoms with E-state index < -0.39 is 0 Å². The molecule has 2 heterocycles. The van der Waals surface area contributed by atoms with Gasteiger partial charge in [0.15, 0.2) is 5.43 Å². The third kappa shape index (κ3) is 2.07. The first-order valence-corrected chi connectivity index (χ1v) is 6.54. The van der Waals surface area contributed by atoms with E-state index in [4.69, 9.17) is 5.73 Å². The number of carbonyl (C=O) groups is 1. The van der Waals surface area contributed by atoms with Crippen LogP contribution >= 0.6 is 0 Å². The molecule has 1 aromatic heterocycles. The van der Waals surface area contributed by atoms with Crippen LogP contribution in [0.1, 0.15) is 22.3 Å². The zero-order chi connectivity index (χ0) is 14.1. The van der Waals surface area contributed by atoms with Gasteiger partial charge in [0.2, 0.25) is 0 Å². The lowest BCUT2D eigenvalue weighted by molar-refractivity contribution is 0.0983. The van der Waals surface area contributed by atoms with Crippen LogP contribution in [0.4, 0.5) is 11.4 Å². The number of carbonyl (C=O) groups excluding carboxylic acids is 1. The van der Waals surface area contributed by atoms with Crippen LogP contribution in [0.2, 0.25) is 0 Å². The molecular weight excluding hydrogens is 254 g/mol. The molecule has 0 atom stereocenters. The molecule has 3 rings (SSSR count). The molecule has 0 unspecified atom stereocenters. The molecule has 0 spiro atoms. The van der Waals surface area contributed by atoms with Gasteiger partial charge >= 0.3 is 0 Å². The highest BCUT2D eigenvalue weighted by molar-refractivity contribution is 6.06. The summed E-state index contributed by atoms with van der Waals surface area (Å²) in [6.45, 7) is 0.615. The predicted molar refractivity (Wildman–Crippen MR) is 77.9 cm³/mol. The number of fused-ring (bicyclic) bond motifs is 1. The van der Waals surface area contributed by atoms with Gasteiger partial charge in [-0.05, 0) is 36.6 Å². The Hall–Kier alpha value is -2.56. The van der Waals surface area contributed by atoms with Crippen molar-refractivity contribution in [3.63, 3.8) is 0 Å². The van der Waals surface area contributed by atoms with Gasteiger partial charge in [-0.2, -0.15) is 0 Å². The molecule has 2 aromatic rings. The van der Waals surface area contributed by atoms with Crippen LogP contribution < -0.4 is 16.1 Å². The summed E-state index contributed by atoms with van der Waals surface area (Å²) in [5.41, 5.74) is 8.27. The SMILES string of the molecule is Nc1ccc2c(c1)CCCN2C(=O)c1c[nH]ccc1=O. The molecule has 1 aliphatic rings. The molecular formula is C15H15N3O2. The summed E-state index contributed by atoms with van der Waals surface area (Å²) in [4.78, 5) is 28.8. The summed E-state index contributed by atoms with van der Waals surface area (Å²) >= 11 is 0. The number of hydrogen-bond acceptors (Lipinski definition) is 3. The number of rotatable bonds is 1. The Balaban J connectivity index is 2.03. The summed E-state index contributed by atoms with van der Waals surface area (Å²) in [6.07, 6.45) is 4.74. The number of nitrogen functional groups attached to an aromatic ring is 1. The Morgan fingerprint density at radius 1 is 1.30 bits per heavy atom. The lowest BCUT2D eigenvalue weighted by Crippen LogP contribution is -2.37. The Morgan fingerprint density at radius 3 is 2.95 bits per heavy atom. The molecule has 5 heteroatoms. The van der Waals surface area contributed by atoms with Crippen molar-refractivity contribution < 1.29 is 4.79 Å². The second-order valence-electron chi connectivity index (χ2n) is 4.87. The van der Waals surface area contributed by atoms with Crippen molar-refractivity contribution >= 4 is 17.3 Å². The molecule has 0 radical (unpaired) electrons. The quantitative estimate of drug-likeness (QED) is 0.771. The lowest BCUT2D eigenvalue weighted by Gasteiger charge is -2.29. The number of pyridine rings is 1. The lowest BCUT2D eigenvalue weighted by atomic mass is 10.0. The number of aromatic amines is 1. The van der Waals surface area contributed by atoms with Crippen LogP contribution in [0.25, 0.3) is 0 Å². The molecule has 0 saturated carbocycles. The summed E-state index contributed by atoms with van der Waals surface area (Å²) in [5, 5.41) is 0. The molecule has 0 saturated heterocycles. The highest BCUT2D eigenvalue weighted by atomic mass is 16.2. The first-order chi connectivity index (χ1) is 9.66. The average Bonchev–Trinajstić information content (AvgIpc) is 2.46. The summed E-state index contributed by atoms with van der Waals surface area (Å²) in [5.74, 6) is -0.266. The van der Waals surface area contributed by atoms with Gasteiger partial charge in [0.1, 0.15) is 5.56 Å². The van der Waals surface area contributed by atoms with E-state index in [-0.39, 0.29) is 16.9 Å². The number of nitrogens with zero attached hydrogens (tertiary/aromatic N) is 1. The number of nitrogens with two attached hydrogens (primary N) is 1. The topological polar surface area (TPSA) is 79.2 Å². The molecule has 1 aliphatic heterocycles. The normalized spacial score (nSPS) is 13.9. The number of amides is 1. The Labute approximate surface area is 116 Å². The van der Waals surface area contributed by atoms with E-state index in [1.165, 1.54) is 18.5 Å². The maximum atomic E-state index is 12.5. The molecule has 0 aliphatic carbocycles. The third-order valence-corrected chi connectivity index (χ3v) is 3.52. The number of anilines is 2. The van der Waals surface area contributed by atoms with E-state index >= 15 is 0 Å². The molecule has 1 amide bonds. The first-order valence-electron chi connectivity index (χ1n) is 6.54. The second kappa shape index (κ2) is 4.85. The van der Waals surface area contributed by atoms with E-state index in [1.807, 2.05) is 12.1 Å². The maximum Gasteiger partial charge on any atom is 0.263 e. The van der Waals surface area contributed by atoms with Gasteiger partial charge in [-0.25, -0.2) is 0 Å². The van der Waals surface area contributed by atoms with Gasteiger partial charge in [-0.15, -0.1) is 0 Å². The highest BCUT2D eigenvalue weighted by Crippen LogP contribution is 2.29. The van der Waals surface area contributed by atoms with E-state index in [0.717, 1.165) is 24.1 Å². The summed E-state index contributed by atoms with van der Waals surface area (Å²) < 4.78 is 0. The van der Waals surface area contributed by atoms with Crippen LogP contribution in [-0.4, -0.2) is 17.4 Å². The average molecular weight is 269 g/mol. The fraction of sp³-hybridized carbons (Fsp3) is 0.200. The first kappa shape index (κ1) is 12.5. The van der Waals surface area contributed by atoms with Crippen molar-refractivity contribution in [1.29, 1.82) is 0 Å². The Bertz CT molecular complexity index is 721. The van der Waals surface area contributed by atoms with Crippen LogP contribution in [0, 0.1) is 0 Å². The Morgan fingerprint density at radius 2 is 2.15 bits per heavy atom. The van der Waals surface area contributed by atoms with Gasteiger partial charge in [0.25, 0.3) is 5.91 Å². The van der Waals surface area contributed by atoms with Crippen LogP contribution in [0.5, 0.6) is 0 Å². The fourth-order valence-corrected chi connectivity index (χ4v) is 2.56. The second-order valence-corrected chi connectivity index (χ2v) is 4.87. The predicted octanol–water partition coefficient (Wildman–Crippen LogP) is 1.55. The van der Waals surface area contributed by atoms with Crippen LogP contribution in [-0.2, 0) is 6.42 Å². The van der Waals surface area contributed by atoms with Crippen molar-refractivity contribution in [3.05, 3.63) is 58.0 Å². The van der Waals surface area contributed by atoms with Gasteiger partial charge in [0, 0.05) is 36.4 Å². The molecule has 20 heavy (non-hydrogen) atoms. The van der Waals surface area contributed by atoms with Crippen molar-refractivity contribution in [3.8, 4) is 0 Å². The fourth-order valence-electron chi connectivity index (χ4n) is 2.56. The largest absolute Gasteiger partial charge is 0.399 e. The molecule has 0 fully saturated rings. The van der Waals surface area contributed by atoms with Gasteiger partial charge in [0.05, 0.1) is 0 Å². The highest BCUT2D eigenvalue weighted by Gasteiger charge is 2.24. The van der Waals surface area contributed by atoms with Crippen LogP contribution in [0.3, 0.4) is 0 Å². The van der Waals surface area contributed by atoms with Gasteiger partial charge in [-0.3, -0.25) is 9.59 Å². The minimum absolute atomic E-state index is 0.164. The molecule has 102 valence electrons. The standard InChI is InChI=1S/C15H15N3O2/c16-11-3-4-13-10(8-11)2-1-7-18(13)15(20)12-9-17-6-5-14(12)19/h3-6,8-9H,1-2,7,16H2,(H,17,19). The summed E-state index contributed by atoms with van der Waals surface area (Å²) in [7, 11) is 0. The van der Waals surface area contributed by atoms with E-state index in [1.54, 1.807) is 11.0 Å². The number of aryl methyl sites for hydroxylation is 1. The molecule has 5 nitrogen and oxygen atoms in total. The smallest absolute Gasteiger partial charge is 0.263 e. The van der Waals surface area contributed by atoms with Crippen molar-refractivity contribution in [2.75, 3.05) is 17.2 Å². The van der Waals surface area contributed by atoms with E-state index in [0.29, 0.717) is 12.2 Å².